The van der Waals surface area contributed by atoms with Gasteiger partial charge in [-0.15, -0.1) is 0 Å². The van der Waals surface area contributed by atoms with Crippen molar-refractivity contribution in [1.82, 2.24) is 9.32 Å². The molecular formula is C23H23N2O2P. The molecule has 6 rings (SSSR count). The van der Waals surface area contributed by atoms with Crippen LogP contribution < -0.4 is 0 Å². The smallest absolute Gasteiger partial charge is 0.346 e. The van der Waals surface area contributed by atoms with Crippen LogP contribution in [-0.4, -0.2) is 9.32 Å². The van der Waals surface area contributed by atoms with Crippen molar-refractivity contribution in [1.29, 1.82) is 0 Å². The van der Waals surface area contributed by atoms with E-state index in [4.69, 9.17) is 8.39 Å². The molecule has 2 aliphatic rings. The highest BCUT2D eigenvalue weighted by Gasteiger charge is 2.21. The molecule has 0 fully saturated rings. The normalized spacial score (nSPS) is 16.1. The third-order valence-corrected chi connectivity index (χ3v) is 7.59. The van der Waals surface area contributed by atoms with Gasteiger partial charge >= 0.3 is 8.16 Å². The van der Waals surface area contributed by atoms with E-state index in [2.05, 4.69) is 29.2 Å². The SMILES string of the molecule is c1cn(-p2oc3ccc4c(c3c3c5c(ccc3o2)CCCC5)CCCC4)cn1. The van der Waals surface area contributed by atoms with Gasteiger partial charge < -0.3 is 8.39 Å². The van der Waals surface area contributed by atoms with E-state index < -0.39 is 8.16 Å². The fourth-order valence-electron chi connectivity index (χ4n) is 4.94. The highest BCUT2D eigenvalue weighted by Crippen LogP contribution is 2.42. The Bertz CT molecular complexity index is 1150. The topological polar surface area (TPSA) is 44.1 Å². The minimum Gasteiger partial charge on any atom is -0.403 e. The Morgan fingerprint density at radius 1 is 0.750 bits per heavy atom. The van der Waals surface area contributed by atoms with Gasteiger partial charge in [-0.1, -0.05) is 12.1 Å². The fourth-order valence-corrected chi connectivity index (χ4v) is 6.12. The van der Waals surface area contributed by atoms with E-state index in [1.165, 1.54) is 71.6 Å². The molecule has 142 valence electrons. The Morgan fingerprint density at radius 3 is 1.86 bits per heavy atom. The van der Waals surface area contributed by atoms with Gasteiger partial charge in [0, 0.05) is 23.2 Å². The van der Waals surface area contributed by atoms with E-state index >= 15 is 0 Å². The van der Waals surface area contributed by atoms with Gasteiger partial charge in [-0.25, -0.2) is 9.32 Å². The number of imidazole rings is 1. The first-order valence-corrected chi connectivity index (χ1v) is 11.5. The minimum absolute atomic E-state index is 0.971. The van der Waals surface area contributed by atoms with Crippen molar-refractivity contribution in [2.75, 3.05) is 0 Å². The van der Waals surface area contributed by atoms with Crippen molar-refractivity contribution in [3.8, 4) is 0 Å². The fraction of sp³-hybridized carbons (Fsp3) is 0.348. The standard InChI is InChI=1S/C23H23N2O2P/c1-3-7-18-16(5-1)9-11-20-22(18)23-19-8-4-2-6-17(19)10-12-21(23)27-28(26-20)25-14-13-24-15-25/h9-15H,1-8H2. The van der Waals surface area contributed by atoms with Crippen LogP contribution >= 0.6 is 8.16 Å². The maximum atomic E-state index is 6.51. The second kappa shape index (κ2) is 6.56. The lowest BCUT2D eigenvalue weighted by Gasteiger charge is -2.20. The zero-order chi connectivity index (χ0) is 18.5. The maximum absolute atomic E-state index is 6.51. The zero-order valence-corrected chi connectivity index (χ0v) is 16.8. The lowest BCUT2D eigenvalue weighted by molar-refractivity contribution is 0.626. The molecule has 0 spiro atoms. The van der Waals surface area contributed by atoms with Crippen molar-refractivity contribution >= 4 is 30.1 Å². The largest absolute Gasteiger partial charge is 0.403 e. The molecule has 4 nitrogen and oxygen atoms in total. The highest BCUT2D eigenvalue weighted by molar-refractivity contribution is 7.35. The summed E-state index contributed by atoms with van der Waals surface area (Å²) in [6.45, 7) is 0. The van der Waals surface area contributed by atoms with E-state index in [0.717, 1.165) is 24.0 Å². The summed E-state index contributed by atoms with van der Waals surface area (Å²) < 4.78 is 15.0. The van der Waals surface area contributed by atoms with Crippen LogP contribution in [0.3, 0.4) is 0 Å². The number of benzene rings is 2. The van der Waals surface area contributed by atoms with Crippen LogP contribution in [0.15, 0.2) is 51.4 Å². The molecule has 4 aromatic rings. The predicted molar refractivity (Wildman–Crippen MR) is 113 cm³/mol. The molecule has 28 heavy (non-hydrogen) atoms. The van der Waals surface area contributed by atoms with E-state index in [0.29, 0.717) is 0 Å². The molecule has 2 aliphatic carbocycles. The third kappa shape index (κ3) is 2.55. The molecule has 2 aromatic heterocycles. The summed E-state index contributed by atoms with van der Waals surface area (Å²) in [6, 6.07) is 8.89. The first-order chi connectivity index (χ1) is 13.9. The van der Waals surface area contributed by atoms with Gasteiger partial charge in [0.05, 0.1) is 0 Å². The van der Waals surface area contributed by atoms with Crippen molar-refractivity contribution in [2.24, 2.45) is 0 Å². The molecular weight excluding hydrogens is 367 g/mol. The molecule has 0 amide bonds. The number of fused-ring (bicyclic) bond motifs is 7. The molecule has 0 saturated carbocycles. The number of hydrogen-bond donors (Lipinski definition) is 0. The molecule has 5 heteroatoms. The average Bonchev–Trinajstić information content (AvgIpc) is 3.22. The summed E-state index contributed by atoms with van der Waals surface area (Å²) in [4.78, 5) is 4.20. The molecule has 0 atom stereocenters. The third-order valence-electron chi connectivity index (χ3n) is 6.27. The van der Waals surface area contributed by atoms with E-state index in [1.54, 1.807) is 12.5 Å². The summed E-state index contributed by atoms with van der Waals surface area (Å²) in [6.07, 6.45) is 15.2. The summed E-state index contributed by atoms with van der Waals surface area (Å²) in [5, 5.41) is 2.60. The summed E-state index contributed by atoms with van der Waals surface area (Å²) in [5.41, 5.74) is 7.88. The Hall–Kier alpha value is -2.45. The van der Waals surface area contributed by atoms with Crippen molar-refractivity contribution in [2.45, 2.75) is 51.4 Å². The first kappa shape index (κ1) is 16.5. The monoisotopic (exact) mass is 390 g/mol. The second-order valence-corrected chi connectivity index (χ2v) is 9.23. The minimum atomic E-state index is -1.30. The van der Waals surface area contributed by atoms with Crippen LogP contribution in [0.4, 0.5) is 0 Å². The van der Waals surface area contributed by atoms with Gasteiger partial charge in [0.1, 0.15) is 17.5 Å². The molecule has 0 saturated heterocycles. The van der Waals surface area contributed by atoms with Crippen LogP contribution in [0.2, 0.25) is 0 Å². The van der Waals surface area contributed by atoms with Crippen molar-refractivity contribution in [3.63, 3.8) is 0 Å². The summed E-state index contributed by atoms with van der Waals surface area (Å²) in [7, 11) is -1.30. The highest BCUT2D eigenvalue weighted by atomic mass is 31.1. The Morgan fingerprint density at radius 2 is 1.32 bits per heavy atom. The molecule has 2 heterocycles. The zero-order valence-electron chi connectivity index (χ0n) is 15.9. The average molecular weight is 390 g/mol. The van der Waals surface area contributed by atoms with Gasteiger partial charge in [0.15, 0.2) is 0 Å². The molecule has 0 N–H and O–H groups in total. The number of rotatable bonds is 1. The van der Waals surface area contributed by atoms with Gasteiger partial charge in [0.25, 0.3) is 0 Å². The second-order valence-electron chi connectivity index (χ2n) is 7.93. The van der Waals surface area contributed by atoms with E-state index in [9.17, 15) is 0 Å². The van der Waals surface area contributed by atoms with Crippen LogP contribution in [-0.2, 0) is 25.7 Å². The summed E-state index contributed by atoms with van der Waals surface area (Å²) in [5.74, 6) is 0. The van der Waals surface area contributed by atoms with Crippen LogP contribution in [0.5, 0.6) is 0 Å². The molecule has 2 aromatic carbocycles. The first-order valence-electron chi connectivity index (χ1n) is 10.3. The molecule has 0 unspecified atom stereocenters. The van der Waals surface area contributed by atoms with E-state index in [-0.39, 0.29) is 0 Å². The van der Waals surface area contributed by atoms with Crippen LogP contribution in [0.1, 0.15) is 47.9 Å². The molecule has 0 radical (unpaired) electrons. The number of aromatic nitrogens is 2. The molecule has 0 bridgehead atoms. The van der Waals surface area contributed by atoms with Gasteiger partial charge in [-0.3, -0.25) is 0 Å². The van der Waals surface area contributed by atoms with Gasteiger partial charge in [0.2, 0.25) is 0 Å². The number of aryl methyl sites for hydroxylation is 4. The lowest BCUT2D eigenvalue weighted by atomic mass is 9.84. The van der Waals surface area contributed by atoms with E-state index in [1.807, 2.05) is 10.5 Å². The Labute approximate surface area is 164 Å². The maximum Gasteiger partial charge on any atom is 0.346 e. The van der Waals surface area contributed by atoms with Crippen LogP contribution in [0, 0.1) is 0 Å². The lowest BCUT2D eigenvalue weighted by Crippen LogP contribution is -2.05. The van der Waals surface area contributed by atoms with Crippen molar-refractivity contribution in [3.05, 3.63) is 65.2 Å². The van der Waals surface area contributed by atoms with Crippen molar-refractivity contribution < 1.29 is 8.39 Å². The predicted octanol–water partition coefficient (Wildman–Crippen LogP) is 6.56. The van der Waals surface area contributed by atoms with Gasteiger partial charge in [-0.2, -0.15) is 0 Å². The Balaban J connectivity index is 1.82. The molecule has 0 aliphatic heterocycles. The number of nitrogens with zero attached hydrogens (tertiary/aromatic N) is 2. The quantitative estimate of drug-likeness (QED) is 0.370. The van der Waals surface area contributed by atoms with Gasteiger partial charge in [-0.05, 0) is 85.8 Å². The van der Waals surface area contributed by atoms with Crippen LogP contribution in [0.25, 0.3) is 21.9 Å². The number of hydrogen-bond acceptors (Lipinski definition) is 3. The summed E-state index contributed by atoms with van der Waals surface area (Å²) >= 11 is 0. The Kier molecular flexibility index (Phi) is 3.87.